The Bertz CT molecular complexity index is 511. The van der Waals surface area contributed by atoms with Gasteiger partial charge in [-0.05, 0) is 36.6 Å². The van der Waals surface area contributed by atoms with Gasteiger partial charge in [0.15, 0.2) is 0 Å². The van der Waals surface area contributed by atoms with Gasteiger partial charge in [0.25, 0.3) is 0 Å². The Balaban J connectivity index is 2.22. The largest absolute Gasteiger partial charge is 0.424 e. The molecule has 4 heteroatoms. The highest BCUT2D eigenvalue weighted by Crippen LogP contribution is 2.23. The lowest BCUT2D eigenvalue weighted by Crippen LogP contribution is -1.94. The van der Waals surface area contributed by atoms with E-state index in [4.69, 9.17) is 4.74 Å². The van der Waals surface area contributed by atoms with Crippen LogP contribution in [0.3, 0.4) is 0 Å². The number of alkyl halides is 1. The summed E-state index contributed by atoms with van der Waals surface area (Å²) in [6.45, 7) is 4.03. The fourth-order valence-electron chi connectivity index (χ4n) is 1.38. The molecule has 0 unspecified atom stereocenters. The Morgan fingerprint density at radius 2 is 1.88 bits per heavy atom. The molecule has 0 saturated carbocycles. The zero-order valence-electron chi connectivity index (χ0n) is 9.77. The predicted octanol–water partition coefficient (Wildman–Crippen LogP) is 3.78. The lowest BCUT2D eigenvalue weighted by Gasteiger charge is -2.07. The van der Waals surface area contributed by atoms with Crippen LogP contribution in [0, 0.1) is 13.8 Å². The highest BCUT2D eigenvalue weighted by Gasteiger charge is 2.04. The van der Waals surface area contributed by atoms with Crippen LogP contribution >= 0.6 is 15.9 Å². The average Bonchev–Trinajstić information content (AvgIpc) is 2.35. The van der Waals surface area contributed by atoms with Crippen LogP contribution in [-0.2, 0) is 5.33 Å². The van der Waals surface area contributed by atoms with Crippen molar-refractivity contribution in [3.8, 4) is 11.8 Å². The predicted molar refractivity (Wildman–Crippen MR) is 70.7 cm³/mol. The van der Waals surface area contributed by atoms with E-state index in [9.17, 15) is 0 Å². The van der Waals surface area contributed by atoms with E-state index < -0.39 is 0 Å². The maximum atomic E-state index is 5.65. The fourth-order valence-corrected chi connectivity index (χ4v) is 1.67. The Hall–Kier alpha value is -1.42. The molecule has 0 saturated heterocycles. The van der Waals surface area contributed by atoms with Crippen molar-refractivity contribution in [2.45, 2.75) is 19.2 Å². The van der Waals surface area contributed by atoms with Gasteiger partial charge < -0.3 is 4.74 Å². The minimum absolute atomic E-state index is 0.378. The van der Waals surface area contributed by atoms with Crippen LogP contribution in [0.15, 0.2) is 30.6 Å². The number of rotatable bonds is 3. The summed E-state index contributed by atoms with van der Waals surface area (Å²) in [6, 6.07) is 6.44. The van der Waals surface area contributed by atoms with Gasteiger partial charge in [-0.15, -0.1) is 0 Å². The number of hydrogen-bond donors (Lipinski definition) is 0. The van der Waals surface area contributed by atoms with Gasteiger partial charge in [0.1, 0.15) is 5.75 Å². The monoisotopic (exact) mass is 292 g/mol. The molecule has 1 aromatic carbocycles. The molecule has 0 bridgehead atoms. The van der Waals surface area contributed by atoms with E-state index in [1.54, 1.807) is 12.4 Å². The number of ether oxygens (including phenoxy) is 1. The second kappa shape index (κ2) is 5.27. The first-order chi connectivity index (χ1) is 8.19. The third-order valence-corrected chi connectivity index (χ3v) is 3.03. The number of hydrogen-bond acceptors (Lipinski definition) is 3. The zero-order valence-corrected chi connectivity index (χ0v) is 11.4. The molecule has 0 atom stereocenters. The maximum absolute atomic E-state index is 5.65. The van der Waals surface area contributed by atoms with Crippen LogP contribution in [0.4, 0.5) is 0 Å². The highest BCUT2D eigenvalue weighted by molar-refractivity contribution is 9.08. The number of benzene rings is 1. The summed E-state index contributed by atoms with van der Waals surface area (Å²) in [4.78, 5) is 8.30. The lowest BCUT2D eigenvalue weighted by molar-refractivity contribution is 0.438. The number of aryl methyl sites for hydroxylation is 2. The van der Waals surface area contributed by atoms with E-state index >= 15 is 0 Å². The average molecular weight is 293 g/mol. The molecule has 0 N–H and O–H groups in total. The number of halogens is 1. The summed E-state index contributed by atoms with van der Waals surface area (Å²) in [6.07, 6.45) is 3.50. The Labute approximate surface area is 109 Å². The van der Waals surface area contributed by atoms with Gasteiger partial charge in [-0.25, -0.2) is 9.97 Å². The molecule has 0 aliphatic rings. The topological polar surface area (TPSA) is 35.0 Å². The van der Waals surface area contributed by atoms with Gasteiger partial charge in [0.05, 0.1) is 0 Å². The first kappa shape index (κ1) is 12.0. The van der Waals surface area contributed by atoms with E-state index in [-0.39, 0.29) is 0 Å². The van der Waals surface area contributed by atoms with Crippen LogP contribution in [0.2, 0.25) is 0 Å². The smallest absolute Gasteiger partial charge is 0.321 e. The molecule has 17 heavy (non-hydrogen) atoms. The molecule has 1 heterocycles. The molecule has 0 spiro atoms. The Kier molecular flexibility index (Phi) is 3.74. The van der Waals surface area contributed by atoms with E-state index in [1.165, 1.54) is 0 Å². The molecular weight excluding hydrogens is 280 g/mol. The first-order valence-electron chi connectivity index (χ1n) is 5.31. The van der Waals surface area contributed by atoms with E-state index in [1.807, 2.05) is 26.0 Å². The second-order valence-electron chi connectivity index (χ2n) is 3.88. The molecular formula is C13H13BrN2O. The molecule has 0 fully saturated rings. The Morgan fingerprint density at radius 1 is 1.18 bits per heavy atom. The molecule has 2 rings (SSSR count). The molecule has 1 aromatic heterocycles. The van der Waals surface area contributed by atoms with Crippen molar-refractivity contribution in [3.05, 3.63) is 47.3 Å². The minimum Gasteiger partial charge on any atom is -0.424 e. The molecule has 88 valence electrons. The van der Waals surface area contributed by atoms with E-state index in [0.717, 1.165) is 27.8 Å². The van der Waals surface area contributed by atoms with Crippen LogP contribution in [0.1, 0.15) is 16.7 Å². The van der Waals surface area contributed by atoms with Gasteiger partial charge >= 0.3 is 6.01 Å². The van der Waals surface area contributed by atoms with Crippen LogP contribution < -0.4 is 4.74 Å². The normalized spacial score (nSPS) is 10.3. The standard InChI is InChI=1S/C13H13BrN2O/c1-9-3-4-10(2)12(5-9)17-13-15-7-11(6-14)8-16-13/h3-5,7-8H,6H2,1-2H3. The first-order valence-corrected chi connectivity index (χ1v) is 6.43. The minimum atomic E-state index is 0.378. The van der Waals surface area contributed by atoms with Gasteiger partial charge in [-0.3, -0.25) is 0 Å². The summed E-state index contributed by atoms with van der Waals surface area (Å²) < 4.78 is 5.65. The Morgan fingerprint density at radius 3 is 2.53 bits per heavy atom. The summed E-state index contributed by atoms with van der Waals surface area (Å²) >= 11 is 3.35. The van der Waals surface area contributed by atoms with Crippen molar-refractivity contribution in [1.29, 1.82) is 0 Å². The van der Waals surface area contributed by atoms with Gasteiger partial charge in [0, 0.05) is 17.7 Å². The lowest BCUT2D eigenvalue weighted by atomic mass is 10.1. The fraction of sp³-hybridized carbons (Fsp3) is 0.231. The third-order valence-electron chi connectivity index (χ3n) is 2.38. The summed E-state index contributed by atoms with van der Waals surface area (Å²) in [5.74, 6) is 0.802. The molecule has 3 nitrogen and oxygen atoms in total. The molecule has 0 aliphatic carbocycles. The number of nitrogens with zero attached hydrogens (tertiary/aromatic N) is 2. The van der Waals surface area contributed by atoms with Crippen molar-refractivity contribution < 1.29 is 4.74 Å². The summed E-state index contributed by atoms with van der Waals surface area (Å²) in [5.41, 5.74) is 3.25. The molecule has 2 aromatic rings. The quantitative estimate of drug-likeness (QED) is 0.808. The SMILES string of the molecule is Cc1ccc(C)c(Oc2ncc(CBr)cn2)c1. The van der Waals surface area contributed by atoms with Crippen molar-refractivity contribution in [3.63, 3.8) is 0 Å². The molecule has 0 amide bonds. The summed E-state index contributed by atoms with van der Waals surface area (Å²) in [7, 11) is 0. The van der Waals surface area contributed by atoms with Crippen LogP contribution in [0.25, 0.3) is 0 Å². The van der Waals surface area contributed by atoms with Crippen LogP contribution in [0.5, 0.6) is 11.8 Å². The zero-order chi connectivity index (χ0) is 12.3. The van der Waals surface area contributed by atoms with E-state index in [2.05, 4.69) is 32.0 Å². The maximum Gasteiger partial charge on any atom is 0.321 e. The summed E-state index contributed by atoms with van der Waals surface area (Å²) in [5, 5.41) is 0.747. The molecule has 0 radical (unpaired) electrons. The van der Waals surface area contributed by atoms with Gasteiger partial charge in [-0.2, -0.15) is 0 Å². The molecule has 0 aliphatic heterocycles. The van der Waals surface area contributed by atoms with Crippen molar-refractivity contribution in [2.75, 3.05) is 0 Å². The van der Waals surface area contributed by atoms with Gasteiger partial charge in [0.2, 0.25) is 0 Å². The van der Waals surface area contributed by atoms with E-state index in [0.29, 0.717) is 6.01 Å². The van der Waals surface area contributed by atoms with Crippen LogP contribution in [-0.4, -0.2) is 9.97 Å². The third kappa shape index (κ3) is 3.03. The van der Waals surface area contributed by atoms with Crippen molar-refractivity contribution in [2.24, 2.45) is 0 Å². The van der Waals surface area contributed by atoms with Crippen molar-refractivity contribution in [1.82, 2.24) is 9.97 Å². The van der Waals surface area contributed by atoms with Gasteiger partial charge in [-0.1, -0.05) is 28.1 Å². The number of aromatic nitrogens is 2. The highest BCUT2D eigenvalue weighted by atomic mass is 79.9. The van der Waals surface area contributed by atoms with Crippen molar-refractivity contribution >= 4 is 15.9 Å². The second-order valence-corrected chi connectivity index (χ2v) is 4.44.